The average Bonchev–Trinajstić information content (AvgIpc) is 2.57. The molecule has 5 nitrogen and oxygen atoms in total. The van der Waals surface area contributed by atoms with Crippen molar-refractivity contribution in [2.45, 2.75) is 89.7 Å². The fourth-order valence-corrected chi connectivity index (χ4v) is 3.66. The Balaban J connectivity index is 1.81. The van der Waals surface area contributed by atoms with Gasteiger partial charge in [-0.2, -0.15) is 0 Å². The average molecular weight is 325 g/mol. The van der Waals surface area contributed by atoms with Crippen LogP contribution in [0.25, 0.3) is 0 Å². The number of hydrogen-bond donors (Lipinski definition) is 0. The molecule has 0 aromatic rings. The second-order valence-electron chi connectivity index (χ2n) is 6.68. The van der Waals surface area contributed by atoms with E-state index in [2.05, 4.69) is 0 Å². The molecule has 2 rings (SSSR count). The molecule has 23 heavy (non-hydrogen) atoms. The van der Waals surface area contributed by atoms with Gasteiger partial charge in [-0.25, -0.2) is 4.79 Å². The summed E-state index contributed by atoms with van der Waals surface area (Å²) >= 11 is 0. The molecule has 0 aromatic heterocycles. The molecule has 0 spiro atoms. The normalized spacial score (nSPS) is 20.0. The molecule has 2 aliphatic rings. The molecule has 0 aromatic carbocycles. The maximum absolute atomic E-state index is 12.2. The van der Waals surface area contributed by atoms with Gasteiger partial charge in [0.05, 0.1) is 13.0 Å². The molecule has 0 bridgehead atoms. The van der Waals surface area contributed by atoms with E-state index >= 15 is 0 Å². The van der Waals surface area contributed by atoms with Crippen LogP contribution in [0.15, 0.2) is 0 Å². The Hall–Kier alpha value is -1.26. The first-order valence-corrected chi connectivity index (χ1v) is 9.33. The van der Waals surface area contributed by atoms with Crippen molar-refractivity contribution in [1.29, 1.82) is 0 Å². The summed E-state index contributed by atoms with van der Waals surface area (Å²) < 4.78 is 10.7. The number of hydrogen-bond acceptors (Lipinski definition) is 4. The summed E-state index contributed by atoms with van der Waals surface area (Å²) in [6.45, 7) is 2.60. The zero-order valence-electron chi connectivity index (χ0n) is 14.4. The molecule has 2 saturated carbocycles. The van der Waals surface area contributed by atoms with Gasteiger partial charge in [-0.05, 0) is 45.4 Å². The Labute approximate surface area is 139 Å². The van der Waals surface area contributed by atoms with Crippen LogP contribution >= 0.6 is 0 Å². The molecule has 1 amide bonds. The van der Waals surface area contributed by atoms with Crippen molar-refractivity contribution in [3.8, 4) is 0 Å². The maximum Gasteiger partial charge on any atom is 0.410 e. The zero-order valence-corrected chi connectivity index (χ0v) is 14.4. The lowest BCUT2D eigenvalue weighted by Gasteiger charge is -2.33. The highest BCUT2D eigenvalue weighted by molar-refractivity contribution is 5.72. The highest BCUT2D eigenvalue weighted by atomic mass is 16.6. The third kappa shape index (κ3) is 6.04. The van der Waals surface area contributed by atoms with Crippen molar-refractivity contribution in [3.05, 3.63) is 0 Å². The third-order valence-electron chi connectivity index (χ3n) is 4.92. The van der Waals surface area contributed by atoms with E-state index in [1.165, 1.54) is 12.8 Å². The summed E-state index contributed by atoms with van der Waals surface area (Å²) in [5.41, 5.74) is 0. The van der Waals surface area contributed by atoms with Crippen LogP contribution in [0.3, 0.4) is 0 Å². The van der Waals surface area contributed by atoms with Crippen LogP contribution in [0.1, 0.15) is 77.6 Å². The van der Waals surface area contributed by atoms with Gasteiger partial charge in [0.1, 0.15) is 6.10 Å². The van der Waals surface area contributed by atoms with Gasteiger partial charge in [0, 0.05) is 12.6 Å². The van der Waals surface area contributed by atoms with Crippen molar-refractivity contribution in [1.82, 2.24) is 4.90 Å². The molecule has 2 aliphatic carbocycles. The smallest absolute Gasteiger partial charge is 0.410 e. The van der Waals surface area contributed by atoms with Gasteiger partial charge in [0.25, 0.3) is 0 Å². The van der Waals surface area contributed by atoms with Crippen LogP contribution in [0.5, 0.6) is 0 Å². The van der Waals surface area contributed by atoms with Crippen molar-refractivity contribution in [3.63, 3.8) is 0 Å². The second-order valence-corrected chi connectivity index (χ2v) is 6.68. The molecule has 0 unspecified atom stereocenters. The van der Waals surface area contributed by atoms with Crippen LogP contribution in [0, 0.1) is 0 Å². The summed E-state index contributed by atoms with van der Waals surface area (Å²) in [4.78, 5) is 26.0. The predicted octanol–water partition coefficient (Wildman–Crippen LogP) is 4.04. The SMILES string of the molecule is CCOC(=O)N(CCC(=O)OC1CCCCC1)C1CCCCC1. The van der Waals surface area contributed by atoms with Gasteiger partial charge in [-0.15, -0.1) is 0 Å². The first-order chi connectivity index (χ1) is 11.2. The standard InChI is InChI=1S/C18H31NO4/c1-2-22-18(21)19(15-9-5-3-6-10-15)14-13-17(20)23-16-11-7-4-8-12-16/h15-16H,2-14H2,1H3. The van der Waals surface area contributed by atoms with Gasteiger partial charge in [0.2, 0.25) is 0 Å². The molecule has 0 saturated heterocycles. The topological polar surface area (TPSA) is 55.8 Å². The summed E-state index contributed by atoms with van der Waals surface area (Å²) in [6, 6.07) is 0.213. The summed E-state index contributed by atoms with van der Waals surface area (Å²) in [5, 5.41) is 0. The highest BCUT2D eigenvalue weighted by Crippen LogP contribution is 2.24. The summed E-state index contributed by atoms with van der Waals surface area (Å²) in [7, 11) is 0. The molecule has 0 N–H and O–H groups in total. The molecule has 0 atom stereocenters. The van der Waals surface area contributed by atoms with Crippen LogP contribution in [0.4, 0.5) is 4.79 Å². The Bertz CT molecular complexity index is 373. The number of carbonyl (C=O) groups excluding carboxylic acids is 2. The van der Waals surface area contributed by atoms with Crippen LogP contribution < -0.4 is 0 Å². The molecule has 0 radical (unpaired) electrons. The number of carbonyl (C=O) groups is 2. The third-order valence-corrected chi connectivity index (χ3v) is 4.92. The largest absolute Gasteiger partial charge is 0.462 e. The van der Waals surface area contributed by atoms with E-state index in [0.29, 0.717) is 13.2 Å². The lowest BCUT2D eigenvalue weighted by Crippen LogP contribution is -2.43. The van der Waals surface area contributed by atoms with Gasteiger partial charge >= 0.3 is 12.1 Å². The van der Waals surface area contributed by atoms with Crippen molar-refractivity contribution in [2.24, 2.45) is 0 Å². The Morgan fingerprint density at radius 3 is 2.17 bits per heavy atom. The molecule has 132 valence electrons. The Morgan fingerprint density at radius 2 is 1.57 bits per heavy atom. The van der Waals surface area contributed by atoms with Gasteiger partial charge in [0.15, 0.2) is 0 Å². The molecular weight excluding hydrogens is 294 g/mol. The van der Waals surface area contributed by atoms with Gasteiger partial charge in [-0.1, -0.05) is 25.7 Å². The van der Waals surface area contributed by atoms with Crippen molar-refractivity contribution in [2.75, 3.05) is 13.2 Å². The number of rotatable bonds is 6. The first-order valence-electron chi connectivity index (χ1n) is 9.33. The maximum atomic E-state index is 12.2. The molecular formula is C18H31NO4. The van der Waals surface area contributed by atoms with E-state index in [0.717, 1.165) is 51.4 Å². The van der Waals surface area contributed by atoms with E-state index in [4.69, 9.17) is 9.47 Å². The minimum absolute atomic E-state index is 0.0852. The summed E-state index contributed by atoms with van der Waals surface area (Å²) in [5.74, 6) is -0.179. The molecule has 5 heteroatoms. The Morgan fingerprint density at radius 1 is 0.957 bits per heavy atom. The van der Waals surface area contributed by atoms with Gasteiger partial charge < -0.3 is 14.4 Å². The zero-order chi connectivity index (χ0) is 16.5. The molecule has 2 fully saturated rings. The minimum atomic E-state index is -0.287. The van der Waals surface area contributed by atoms with Crippen LogP contribution in [-0.4, -0.2) is 42.3 Å². The number of ether oxygens (including phenoxy) is 2. The monoisotopic (exact) mass is 325 g/mol. The van der Waals surface area contributed by atoms with Gasteiger partial charge in [-0.3, -0.25) is 4.79 Å². The minimum Gasteiger partial charge on any atom is -0.462 e. The van der Waals surface area contributed by atoms with E-state index in [-0.39, 0.29) is 30.6 Å². The van der Waals surface area contributed by atoms with Crippen molar-refractivity contribution >= 4 is 12.1 Å². The Kier molecular flexibility index (Phi) is 7.69. The number of amides is 1. The molecule has 0 heterocycles. The predicted molar refractivity (Wildman–Crippen MR) is 88.2 cm³/mol. The van der Waals surface area contributed by atoms with Crippen LogP contribution in [0.2, 0.25) is 0 Å². The van der Waals surface area contributed by atoms with E-state index in [9.17, 15) is 9.59 Å². The highest BCUT2D eigenvalue weighted by Gasteiger charge is 2.27. The fraction of sp³-hybridized carbons (Fsp3) is 0.889. The fourth-order valence-electron chi connectivity index (χ4n) is 3.66. The quantitative estimate of drug-likeness (QED) is 0.692. The summed E-state index contributed by atoms with van der Waals surface area (Å²) in [6.07, 6.45) is 11.1. The molecule has 0 aliphatic heterocycles. The number of nitrogens with zero attached hydrogens (tertiary/aromatic N) is 1. The van der Waals surface area contributed by atoms with E-state index < -0.39 is 0 Å². The van der Waals surface area contributed by atoms with Crippen molar-refractivity contribution < 1.29 is 19.1 Å². The first kappa shape index (κ1) is 18.1. The lowest BCUT2D eigenvalue weighted by atomic mass is 9.94. The number of esters is 1. The lowest BCUT2D eigenvalue weighted by molar-refractivity contribution is -0.150. The van der Waals surface area contributed by atoms with E-state index in [1.807, 2.05) is 6.92 Å². The van der Waals surface area contributed by atoms with E-state index in [1.54, 1.807) is 4.90 Å². The van der Waals surface area contributed by atoms with Crippen LogP contribution in [-0.2, 0) is 14.3 Å². The second kappa shape index (κ2) is 9.78.